The maximum atomic E-state index is 2.56. The molecular weight excluding hydrogens is 711 g/mol. The van der Waals surface area contributed by atoms with Gasteiger partial charge in [-0.3, -0.25) is 0 Å². The third-order valence-electron chi connectivity index (χ3n) is 12.7. The summed E-state index contributed by atoms with van der Waals surface area (Å²) in [6.07, 6.45) is 7.52. The molecule has 0 amide bonds. The monoisotopic (exact) mass is 758 g/mol. The number of fused-ring (bicyclic) bond motifs is 2. The highest BCUT2D eigenvalue weighted by atomic mass is 31.1. The summed E-state index contributed by atoms with van der Waals surface area (Å²) in [4.78, 5) is 0. The Morgan fingerprint density at radius 3 is 0.982 bits per heavy atom. The second kappa shape index (κ2) is 15.9. The Kier molecular flexibility index (Phi) is 10.1. The van der Waals surface area contributed by atoms with Crippen molar-refractivity contribution in [3.8, 4) is 11.1 Å². The lowest BCUT2D eigenvalue weighted by molar-refractivity contribution is 0.728. The summed E-state index contributed by atoms with van der Waals surface area (Å²) in [7, 11) is -1.11. The first-order valence-corrected chi connectivity index (χ1v) is 23.5. The van der Waals surface area contributed by atoms with Crippen LogP contribution in [0.4, 0.5) is 0 Å². The van der Waals surface area contributed by atoms with E-state index < -0.39 is 15.8 Å². The molecule has 0 nitrogen and oxygen atoms in total. The molecule has 56 heavy (non-hydrogen) atoms. The van der Waals surface area contributed by atoms with Crippen molar-refractivity contribution in [2.75, 3.05) is 0 Å². The summed E-state index contributed by atoms with van der Waals surface area (Å²) < 4.78 is 0. The highest BCUT2D eigenvalue weighted by Gasteiger charge is 2.40. The van der Waals surface area contributed by atoms with Crippen molar-refractivity contribution in [2.45, 2.75) is 61.7 Å². The minimum Gasteiger partial charge on any atom is -0.0622 e. The van der Waals surface area contributed by atoms with Crippen molar-refractivity contribution >= 4 is 58.6 Å². The van der Waals surface area contributed by atoms with Crippen molar-refractivity contribution < 1.29 is 0 Å². The minimum absolute atomic E-state index is 0.470. The summed E-state index contributed by atoms with van der Waals surface area (Å²) in [5.41, 5.74) is 7.25. The van der Waals surface area contributed by atoms with Gasteiger partial charge in [-0.1, -0.05) is 207 Å². The predicted octanol–water partition coefficient (Wildman–Crippen LogP) is 13.2. The van der Waals surface area contributed by atoms with Crippen LogP contribution in [0, 0.1) is 0 Å². The fourth-order valence-corrected chi connectivity index (χ4v) is 16.7. The predicted molar refractivity (Wildman–Crippen MR) is 246 cm³/mol. The highest BCUT2D eigenvalue weighted by molar-refractivity contribution is 7.74. The Morgan fingerprint density at radius 2 is 0.625 bits per heavy atom. The number of hydrogen-bond donors (Lipinski definition) is 0. The first-order chi connectivity index (χ1) is 27.8. The van der Waals surface area contributed by atoms with Crippen molar-refractivity contribution in [3.63, 3.8) is 0 Å². The topological polar surface area (TPSA) is 0 Å². The van der Waals surface area contributed by atoms with Gasteiger partial charge in [-0.2, -0.15) is 0 Å². The van der Waals surface area contributed by atoms with Crippen LogP contribution in [0.2, 0.25) is 0 Å². The smallest absolute Gasteiger partial charge is 0.00597 e. The molecule has 0 saturated heterocycles. The summed E-state index contributed by atoms with van der Waals surface area (Å²) in [6.45, 7) is 0. The van der Waals surface area contributed by atoms with Crippen LogP contribution >= 0.6 is 15.8 Å². The Balaban J connectivity index is 1.19. The van der Waals surface area contributed by atoms with Crippen molar-refractivity contribution in [2.24, 2.45) is 0 Å². The molecule has 4 atom stereocenters. The summed E-state index contributed by atoms with van der Waals surface area (Å²) in [5, 5.41) is 11.5. The van der Waals surface area contributed by atoms with Crippen molar-refractivity contribution in [1.29, 1.82) is 0 Å². The molecule has 0 N–H and O–H groups in total. The number of hydrogen-bond acceptors (Lipinski definition) is 0. The first kappa shape index (κ1) is 35.5. The van der Waals surface area contributed by atoms with E-state index in [0.29, 0.717) is 23.2 Å². The van der Waals surface area contributed by atoms with E-state index in [-0.39, 0.29) is 0 Å². The summed E-state index contributed by atoms with van der Waals surface area (Å²) in [5.74, 6) is 0.941. The van der Waals surface area contributed by atoms with Crippen molar-refractivity contribution in [1.82, 2.24) is 0 Å². The molecule has 274 valence electrons. The second-order valence-corrected chi connectivity index (χ2v) is 20.7. The van der Waals surface area contributed by atoms with Gasteiger partial charge in [0.2, 0.25) is 0 Å². The van der Waals surface area contributed by atoms with Gasteiger partial charge in [0, 0.05) is 0 Å². The lowest BCUT2D eigenvalue weighted by Crippen LogP contribution is -2.25. The third-order valence-corrected chi connectivity index (χ3v) is 18.7. The Bertz CT molecular complexity index is 2310. The quantitative estimate of drug-likeness (QED) is 0.129. The Morgan fingerprint density at radius 1 is 0.304 bits per heavy atom. The maximum Gasteiger partial charge on any atom is -0.00597 e. The standard InChI is InChI=1S/C54H48P2/c1-5-21-41(22-6-1)55(42-23-7-2-8-24-42)51-33-17-31-47(51)49-37-35-39-19-13-15-29-45(39)53(49)54-46-30-16-14-20-40(46)36-38-50(54)48-32-18-34-52(48)56(43-25-9-3-10-26-43)44-27-11-4-12-28-44/h1-16,19-30,35-38,47-48,51-52H,17-18,31-34H2. The zero-order valence-electron chi connectivity index (χ0n) is 31.9. The molecule has 0 bridgehead atoms. The van der Waals surface area contributed by atoms with Gasteiger partial charge >= 0.3 is 0 Å². The van der Waals surface area contributed by atoms with Crippen LogP contribution in [-0.4, -0.2) is 11.3 Å². The molecule has 0 spiro atoms. The fraction of sp³-hybridized carbons (Fsp3) is 0.185. The molecule has 0 aliphatic heterocycles. The average molecular weight is 759 g/mol. The normalized spacial score (nSPS) is 19.7. The molecule has 0 aromatic heterocycles. The highest BCUT2D eigenvalue weighted by Crippen LogP contribution is 2.59. The lowest BCUT2D eigenvalue weighted by Gasteiger charge is -2.34. The van der Waals surface area contributed by atoms with E-state index in [1.165, 1.54) is 92.4 Å². The minimum atomic E-state index is -0.555. The van der Waals surface area contributed by atoms with Crippen LogP contribution in [0.25, 0.3) is 32.7 Å². The van der Waals surface area contributed by atoms with Crippen LogP contribution in [0.15, 0.2) is 194 Å². The SMILES string of the molecule is c1ccc(P(c2ccccc2)C2CCCC2c2ccc3ccccc3c2-c2c(C3CCCC3P(c3ccccc3)c3ccccc3)ccc3ccccc23)cc1. The van der Waals surface area contributed by atoms with Gasteiger partial charge in [0.15, 0.2) is 0 Å². The zero-order valence-corrected chi connectivity index (χ0v) is 33.7. The van der Waals surface area contributed by atoms with Gasteiger partial charge in [-0.25, -0.2) is 0 Å². The number of benzene rings is 8. The second-order valence-electron chi connectivity index (χ2n) is 15.8. The van der Waals surface area contributed by atoms with Gasteiger partial charge in [0.1, 0.15) is 0 Å². The third kappa shape index (κ3) is 6.62. The van der Waals surface area contributed by atoms with E-state index in [1.54, 1.807) is 11.1 Å². The molecule has 2 heteroatoms. The molecule has 2 saturated carbocycles. The van der Waals surface area contributed by atoms with Gasteiger partial charge < -0.3 is 0 Å². The van der Waals surface area contributed by atoms with Crippen LogP contribution in [0.1, 0.15) is 61.5 Å². The maximum absolute atomic E-state index is 2.56. The molecule has 2 aliphatic rings. The molecule has 10 rings (SSSR count). The van der Waals surface area contributed by atoms with E-state index in [0.717, 1.165) is 0 Å². The van der Waals surface area contributed by atoms with Crippen molar-refractivity contribution in [3.05, 3.63) is 205 Å². The molecule has 2 fully saturated rings. The summed E-state index contributed by atoms with van der Waals surface area (Å²) >= 11 is 0. The van der Waals surface area contributed by atoms with E-state index in [2.05, 4.69) is 194 Å². The van der Waals surface area contributed by atoms with Gasteiger partial charge in [-0.15, -0.1) is 0 Å². The van der Waals surface area contributed by atoms with E-state index in [4.69, 9.17) is 0 Å². The average Bonchev–Trinajstić information content (AvgIpc) is 3.95. The van der Waals surface area contributed by atoms with E-state index in [9.17, 15) is 0 Å². The van der Waals surface area contributed by atoms with Crippen LogP contribution in [0.3, 0.4) is 0 Å². The van der Waals surface area contributed by atoms with Crippen LogP contribution in [0.5, 0.6) is 0 Å². The molecular formula is C54H48P2. The van der Waals surface area contributed by atoms with Gasteiger partial charge in [-0.05, 0) is 130 Å². The Labute approximate surface area is 335 Å². The summed E-state index contributed by atoms with van der Waals surface area (Å²) in [6, 6.07) is 74.4. The van der Waals surface area contributed by atoms with E-state index >= 15 is 0 Å². The number of rotatable bonds is 9. The Hall–Kier alpha value is -4.86. The molecule has 8 aromatic rings. The largest absolute Gasteiger partial charge is 0.0622 e. The molecule has 8 aromatic carbocycles. The molecule has 4 unspecified atom stereocenters. The molecule has 0 radical (unpaired) electrons. The van der Waals surface area contributed by atoms with E-state index in [1.807, 2.05) is 0 Å². The van der Waals surface area contributed by atoms with Gasteiger partial charge in [0.25, 0.3) is 0 Å². The van der Waals surface area contributed by atoms with Crippen LogP contribution in [-0.2, 0) is 0 Å². The van der Waals surface area contributed by atoms with Crippen LogP contribution < -0.4 is 21.2 Å². The molecule has 0 heterocycles. The lowest BCUT2D eigenvalue weighted by atomic mass is 9.79. The van der Waals surface area contributed by atoms with Gasteiger partial charge in [0.05, 0.1) is 0 Å². The fourth-order valence-electron chi connectivity index (χ4n) is 10.4. The molecule has 2 aliphatic carbocycles. The zero-order chi connectivity index (χ0) is 37.3. The first-order valence-electron chi connectivity index (χ1n) is 20.7.